The number of fused-ring (bicyclic) bond motifs is 1. The van der Waals surface area contributed by atoms with Crippen LogP contribution < -0.4 is 5.32 Å². The highest BCUT2D eigenvalue weighted by Crippen LogP contribution is 2.27. The molecule has 0 radical (unpaired) electrons. The molecule has 2 aromatic rings. The molecule has 0 aliphatic heterocycles. The van der Waals surface area contributed by atoms with Crippen molar-refractivity contribution >= 4 is 22.7 Å². The van der Waals surface area contributed by atoms with Crippen molar-refractivity contribution in [2.75, 3.05) is 18.1 Å². The summed E-state index contributed by atoms with van der Waals surface area (Å²) in [6.07, 6.45) is 1.23. The van der Waals surface area contributed by atoms with Crippen LogP contribution in [0, 0.1) is 6.92 Å². The van der Waals surface area contributed by atoms with E-state index < -0.39 is 0 Å². The van der Waals surface area contributed by atoms with Crippen molar-refractivity contribution in [1.82, 2.24) is 5.32 Å². The lowest BCUT2D eigenvalue weighted by Gasteiger charge is -2.14. The Balaban J connectivity index is 2.17. The molecule has 1 atom stereocenters. The number of benzene rings is 1. The maximum Gasteiger partial charge on any atom is 0.134 e. The molecule has 104 valence electrons. The molecule has 0 saturated carbocycles. The third kappa shape index (κ3) is 3.77. The van der Waals surface area contributed by atoms with Gasteiger partial charge in [-0.25, -0.2) is 0 Å². The van der Waals surface area contributed by atoms with E-state index >= 15 is 0 Å². The number of nitrogens with one attached hydrogen (secondary N) is 1. The predicted octanol–water partition coefficient (Wildman–Crippen LogP) is 4.54. The van der Waals surface area contributed by atoms with Crippen LogP contribution >= 0.6 is 11.8 Å². The van der Waals surface area contributed by atoms with Gasteiger partial charge in [-0.05, 0) is 43.8 Å². The molecule has 0 fully saturated rings. The first-order chi connectivity index (χ1) is 9.24. The average molecular weight is 277 g/mol. The molecule has 1 N–H and O–H groups in total. The Morgan fingerprint density at radius 3 is 2.84 bits per heavy atom. The van der Waals surface area contributed by atoms with E-state index in [2.05, 4.69) is 50.4 Å². The third-order valence-electron chi connectivity index (χ3n) is 3.12. The van der Waals surface area contributed by atoms with E-state index in [0.29, 0.717) is 6.04 Å². The minimum absolute atomic E-state index is 0.314. The van der Waals surface area contributed by atoms with Crippen molar-refractivity contribution in [3.63, 3.8) is 0 Å². The molecule has 2 nitrogen and oxygen atoms in total. The first-order valence-corrected chi connectivity index (χ1v) is 8.21. The molecule has 0 aliphatic rings. The van der Waals surface area contributed by atoms with Crippen LogP contribution in [0.25, 0.3) is 11.0 Å². The van der Waals surface area contributed by atoms with Crippen LogP contribution in [0.15, 0.2) is 28.7 Å². The average Bonchev–Trinajstić information content (AvgIpc) is 2.80. The Morgan fingerprint density at radius 2 is 2.11 bits per heavy atom. The molecule has 1 heterocycles. The van der Waals surface area contributed by atoms with E-state index in [1.807, 2.05) is 11.8 Å². The summed E-state index contributed by atoms with van der Waals surface area (Å²) >= 11 is 1.99. The van der Waals surface area contributed by atoms with Gasteiger partial charge in [0.1, 0.15) is 11.3 Å². The second-order valence-corrected chi connectivity index (χ2v) is 6.03. The summed E-state index contributed by atoms with van der Waals surface area (Å²) < 4.78 is 5.99. The minimum Gasteiger partial charge on any atom is -0.459 e. The van der Waals surface area contributed by atoms with Gasteiger partial charge in [0.05, 0.1) is 6.04 Å². The third-order valence-corrected chi connectivity index (χ3v) is 4.38. The molecule has 1 aromatic carbocycles. The van der Waals surface area contributed by atoms with E-state index in [4.69, 9.17) is 4.42 Å². The lowest BCUT2D eigenvalue weighted by atomic mass is 10.1. The SMILES string of the molecule is CCCSCC(NCC)c1cc2cc(C)ccc2o1. The zero-order valence-electron chi connectivity index (χ0n) is 12.0. The Bertz CT molecular complexity index is 520. The van der Waals surface area contributed by atoms with Crippen molar-refractivity contribution < 1.29 is 4.42 Å². The maximum atomic E-state index is 5.99. The second-order valence-electron chi connectivity index (χ2n) is 4.88. The summed E-state index contributed by atoms with van der Waals surface area (Å²) in [7, 11) is 0. The van der Waals surface area contributed by atoms with Crippen molar-refractivity contribution in [3.8, 4) is 0 Å². The lowest BCUT2D eigenvalue weighted by molar-refractivity contribution is 0.464. The Kier molecular flexibility index (Phi) is 5.34. The van der Waals surface area contributed by atoms with Crippen LogP contribution in [0.5, 0.6) is 0 Å². The first-order valence-electron chi connectivity index (χ1n) is 7.05. The number of furan rings is 1. The molecular weight excluding hydrogens is 254 g/mol. The van der Waals surface area contributed by atoms with Gasteiger partial charge < -0.3 is 9.73 Å². The summed E-state index contributed by atoms with van der Waals surface area (Å²) in [5.41, 5.74) is 2.27. The minimum atomic E-state index is 0.314. The molecule has 0 aliphatic carbocycles. The van der Waals surface area contributed by atoms with Crippen molar-refractivity contribution in [2.24, 2.45) is 0 Å². The van der Waals surface area contributed by atoms with Crippen molar-refractivity contribution in [1.29, 1.82) is 0 Å². The molecule has 3 heteroatoms. The topological polar surface area (TPSA) is 25.2 Å². The Morgan fingerprint density at radius 1 is 1.26 bits per heavy atom. The van der Waals surface area contributed by atoms with Crippen LogP contribution in [0.3, 0.4) is 0 Å². The summed E-state index contributed by atoms with van der Waals surface area (Å²) in [6.45, 7) is 7.45. The maximum absolute atomic E-state index is 5.99. The van der Waals surface area contributed by atoms with Gasteiger partial charge in [0, 0.05) is 11.1 Å². The fourth-order valence-corrected chi connectivity index (χ4v) is 3.16. The molecule has 19 heavy (non-hydrogen) atoms. The lowest BCUT2D eigenvalue weighted by Crippen LogP contribution is -2.22. The first kappa shape index (κ1) is 14.5. The van der Waals surface area contributed by atoms with Crippen LogP contribution in [-0.2, 0) is 0 Å². The van der Waals surface area contributed by atoms with Gasteiger partial charge in [0.25, 0.3) is 0 Å². The van der Waals surface area contributed by atoms with Gasteiger partial charge in [-0.3, -0.25) is 0 Å². The second kappa shape index (κ2) is 7.01. The quantitative estimate of drug-likeness (QED) is 0.752. The van der Waals surface area contributed by atoms with Crippen molar-refractivity contribution in [2.45, 2.75) is 33.2 Å². The molecule has 1 aromatic heterocycles. The fraction of sp³-hybridized carbons (Fsp3) is 0.500. The summed E-state index contributed by atoms with van der Waals surface area (Å²) in [5.74, 6) is 3.34. The van der Waals surface area contributed by atoms with E-state index in [1.165, 1.54) is 23.1 Å². The van der Waals surface area contributed by atoms with Gasteiger partial charge in [-0.15, -0.1) is 0 Å². The van der Waals surface area contributed by atoms with Crippen LogP contribution in [0.2, 0.25) is 0 Å². The fourth-order valence-electron chi connectivity index (χ4n) is 2.19. The zero-order chi connectivity index (χ0) is 13.7. The molecule has 0 spiro atoms. The standard InChI is InChI=1S/C16H23NOS/c1-4-8-19-11-14(17-5-2)16-10-13-9-12(3)6-7-15(13)18-16/h6-7,9-10,14,17H,4-5,8,11H2,1-3H3. The Labute approximate surface area is 119 Å². The summed E-state index contributed by atoms with van der Waals surface area (Å²) in [6, 6.07) is 8.85. The van der Waals surface area contributed by atoms with Gasteiger partial charge in [0.2, 0.25) is 0 Å². The predicted molar refractivity (Wildman–Crippen MR) is 85.0 cm³/mol. The van der Waals surface area contributed by atoms with Gasteiger partial charge in [-0.2, -0.15) is 11.8 Å². The largest absolute Gasteiger partial charge is 0.459 e. The Hall–Kier alpha value is -0.930. The summed E-state index contributed by atoms with van der Waals surface area (Å²) in [4.78, 5) is 0. The molecular formula is C16H23NOS. The van der Waals surface area contributed by atoms with Crippen LogP contribution in [0.4, 0.5) is 0 Å². The monoisotopic (exact) mass is 277 g/mol. The number of hydrogen-bond acceptors (Lipinski definition) is 3. The highest BCUT2D eigenvalue weighted by molar-refractivity contribution is 7.99. The van der Waals surface area contributed by atoms with Crippen molar-refractivity contribution in [3.05, 3.63) is 35.6 Å². The van der Waals surface area contributed by atoms with Crippen LogP contribution in [0.1, 0.15) is 37.6 Å². The van der Waals surface area contributed by atoms with Gasteiger partial charge in [0.15, 0.2) is 0 Å². The normalized spacial score (nSPS) is 13.0. The number of aryl methyl sites for hydroxylation is 1. The summed E-state index contributed by atoms with van der Waals surface area (Å²) in [5, 5.41) is 4.73. The molecule has 1 unspecified atom stereocenters. The van der Waals surface area contributed by atoms with E-state index in [-0.39, 0.29) is 0 Å². The number of hydrogen-bond donors (Lipinski definition) is 1. The van der Waals surface area contributed by atoms with Crippen LogP contribution in [-0.4, -0.2) is 18.1 Å². The highest BCUT2D eigenvalue weighted by atomic mass is 32.2. The van der Waals surface area contributed by atoms with E-state index in [1.54, 1.807) is 0 Å². The molecule has 0 bridgehead atoms. The molecule has 0 saturated heterocycles. The molecule has 2 rings (SSSR count). The van der Waals surface area contributed by atoms with E-state index in [9.17, 15) is 0 Å². The number of rotatable bonds is 7. The highest BCUT2D eigenvalue weighted by Gasteiger charge is 2.15. The van der Waals surface area contributed by atoms with Gasteiger partial charge in [-0.1, -0.05) is 25.5 Å². The van der Waals surface area contributed by atoms with E-state index in [0.717, 1.165) is 23.6 Å². The van der Waals surface area contributed by atoms with Gasteiger partial charge >= 0.3 is 0 Å². The zero-order valence-corrected chi connectivity index (χ0v) is 12.8. The molecule has 0 amide bonds. The number of thioether (sulfide) groups is 1. The smallest absolute Gasteiger partial charge is 0.134 e.